The van der Waals surface area contributed by atoms with Crippen molar-refractivity contribution in [1.29, 1.82) is 0 Å². The quantitative estimate of drug-likeness (QED) is 0.421. The largest absolute Gasteiger partial charge is 0.319 e. The van der Waals surface area contributed by atoms with Crippen LogP contribution in [0, 0.1) is 12.3 Å². The Morgan fingerprint density at radius 2 is 2.33 bits per heavy atom. The highest BCUT2D eigenvalue weighted by Crippen LogP contribution is 1.80. The molecule has 0 bridgehead atoms. The Bertz CT molecular complexity index is 134. The first-order valence-electron chi connectivity index (χ1n) is 2.59. The van der Waals surface area contributed by atoms with E-state index in [1.54, 1.807) is 13.8 Å². The summed E-state index contributed by atoms with van der Waals surface area (Å²) in [5, 5.41) is 0. The Hall–Kier alpha value is -1.01. The summed E-state index contributed by atoms with van der Waals surface area (Å²) >= 11 is 0. The summed E-state index contributed by atoms with van der Waals surface area (Å²) < 4.78 is 0. The zero-order valence-corrected chi connectivity index (χ0v) is 5.47. The standard InChI is InChI=1S/C6H9NO2/c1-4-6(8)7-9-5(2)3/h1,5H,2-3H3,(H,7,8). The van der Waals surface area contributed by atoms with E-state index in [4.69, 9.17) is 6.42 Å². The van der Waals surface area contributed by atoms with Crippen molar-refractivity contribution in [2.75, 3.05) is 0 Å². The molecule has 3 heteroatoms. The molecule has 3 nitrogen and oxygen atoms in total. The van der Waals surface area contributed by atoms with Gasteiger partial charge in [0.05, 0.1) is 6.10 Å². The summed E-state index contributed by atoms with van der Waals surface area (Å²) in [7, 11) is 0. The first-order valence-corrected chi connectivity index (χ1v) is 2.59. The highest BCUT2D eigenvalue weighted by Gasteiger charge is 1.95. The maximum absolute atomic E-state index is 10.2. The molecule has 9 heavy (non-hydrogen) atoms. The van der Waals surface area contributed by atoms with Crippen molar-refractivity contribution in [2.24, 2.45) is 0 Å². The lowest BCUT2D eigenvalue weighted by Crippen LogP contribution is -2.25. The average Bonchev–Trinajstić information content (AvgIpc) is 1.83. The third-order valence-corrected chi connectivity index (χ3v) is 0.518. The van der Waals surface area contributed by atoms with E-state index in [1.165, 1.54) is 0 Å². The maximum atomic E-state index is 10.2. The minimum atomic E-state index is -0.552. The fourth-order valence-electron chi connectivity index (χ4n) is 0.201. The zero-order valence-electron chi connectivity index (χ0n) is 5.47. The summed E-state index contributed by atoms with van der Waals surface area (Å²) in [6.45, 7) is 3.58. The van der Waals surface area contributed by atoms with E-state index in [0.717, 1.165) is 0 Å². The average molecular weight is 127 g/mol. The van der Waals surface area contributed by atoms with Gasteiger partial charge in [-0.05, 0) is 19.8 Å². The maximum Gasteiger partial charge on any atom is 0.319 e. The lowest BCUT2D eigenvalue weighted by atomic mass is 10.5. The number of hydrogen-bond donors (Lipinski definition) is 1. The van der Waals surface area contributed by atoms with Gasteiger partial charge in [0.2, 0.25) is 0 Å². The fraction of sp³-hybridized carbons (Fsp3) is 0.500. The van der Waals surface area contributed by atoms with Crippen molar-refractivity contribution in [3.05, 3.63) is 0 Å². The first-order chi connectivity index (χ1) is 4.16. The van der Waals surface area contributed by atoms with Crippen molar-refractivity contribution in [1.82, 2.24) is 5.48 Å². The molecule has 0 aliphatic carbocycles. The van der Waals surface area contributed by atoms with Crippen molar-refractivity contribution in [3.8, 4) is 12.3 Å². The Balaban J connectivity index is 3.31. The first kappa shape index (κ1) is 7.99. The molecule has 50 valence electrons. The number of hydrogen-bond acceptors (Lipinski definition) is 2. The molecule has 0 spiro atoms. The fourth-order valence-corrected chi connectivity index (χ4v) is 0.201. The van der Waals surface area contributed by atoms with Crippen LogP contribution in [0.3, 0.4) is 0 Å². The molecule has 0 saturated heterocycles. The third kappa shape index (κ3) is 4.85. The van der Waals surface area contributed by atoms with Gasteiger partial charge < -0.3 is 0 Å². The molecule has 1 N–H and O–H groups in total. The number of hydroxylamine groups is 1. The summed E-state index contributed by atoms with van der Waals surface area (Å²) in [5.41, 5.74) is 2.06. The lowest BCUT2D eigenvalue weighted by molar-refractivity contribution is -0.130. The van der Waals surface area contributed by atoms with Gasteiger partial charge in [-0.3, -0.25) is 9.63 Å². The van der Waals surface area contributed by atoms with Gasteiger partial charge in [-0.1, -0.05) is 0 Å². The number of rotatable bonds is 2. The number of terminal acetylenes is 1. The van der Waals surface area contributed by atoms with Crippen molar-refractivity contribution < 1.29 is 9.63 Å². The summed E-state index contributed by atoms with van der Waals surface area (Å²) in [4.78, 5) is 14.9. The molecule has 0 saturated carbocycles. The van der Waals surface area contributed by atoms with Crippen LogP contribution in [0.5, 0.6) is 0 Å². The predicted molar refractivity (Wildman–Crippen MR) is 33.2 cm³/mol. The number of amides is 1. The summed E-state index contributed by atoms with van der Waals surface area (Å²) in [6, 6.07) is 0. The van der Waals surface area contributed by atoms with E-state index in [9.17, 15) is 4.79 Å². The van der Waals surface area contributed by atoms with E-state index in [2.05, 4.69) is 10.3 Å². The molecular formula is C6H9NO2. The van der Waals surface area contributed by atoms with Crippen molar-refractivity contribution in [3.63, 3.8) is 0 Å². The van der Waals surface area contributed by atoms with E-state index in [-0.39, 0.29) is 6.10 Å². The van der Waals surface area contributed by atoms with Gasteiger partial charge in [-0.15, -0.1) is 6.42 Å². The second kappa shape index (κ2) is 3.93. The molecule has 0 fully saturated rings. The highest BCUT2D eigenvalue weighted by atomic mass is 16.7. The monoisotopic (exact) mass is 127 g/mol. The molecule has 0 aromatic heterocycles. The molecule has 0 aliphatic heterocycles. The van der Waals surface area contributed by atoms with Gasteiger partial charge in [0.1, 0.15) is 0 Å². The van der Waals surface area contributed by atoms with Crippen LogP contribution in [0.1, 0.15) is 13.8 Å². The highest BCUT2D eigenvalue weighted by molar-refractivity contribution is 5.91. The summed E-state index contributed by atoms with van der Waals surface area (Å²) in [5.74, 6) is 1.29. The molecule has 0 aliphatic rings. The molecule has 0 rings (SSSR count). The van der Waals surface area contributed by atoms with Gasteiger partial charge in [-0.2, -0.15) is 0 Å². The van der Waals surface area contributed by atoms with Crippen LogP contribution >= 0.6 is 0 Å². The Kier molecular flexibility index (Phi) is 3.49. The van der Waals surface area contributed by atoms with E-state index >= 15 is 0 Å². The molecule has 0 heterocycles. The molecule has 1 amide bonds. The molecule has 0 atom stereocenters. The molecule has 0 aromatic carbocycles. The Labute approximate surface area is 54.3 Å². The van der Waals surface area contributed by atoms with Crippen molar-refractivity contribution >= 4 is 5.91 Å². The number of carbonyl (C=O) groups is 1. The summed E-state index contributed by atoms with van der Waals surface area (Å²) in [6.07, 6.45) is 4.68. The predicted octanol–water partition coefficient (Wildman–Crippen LogP) is 0.0758. The number of carbonyl (C=O) groups excluding carboxylic acids is 1. The van der Waals surface area contributed by atoms with E-state index in [1.807, 2.05) is 5.92 Å². The van der Waals surface area contributed by atoms with Crippen LogP contribution in [0.25, 0.3) is 0 Å². The second-order valence-electron chi connectivity index (χ2n) is 1.74. The van der Waals surface area contributed by atoms with Crippen LogP contribution in [-0.2, 0) is 9.63 Å². The lowest BCUT2D eigenvalue weighted by Gasteiger charge is -2.03. The number of nitrogens with one attached hydrogen (secondary N) is 1. The second-order valence-corrected chi connectivity index (χ2v) is 1.74. The van der Waals surface area contributed by atoms with Gasteiger partial charge in [-0.25, -0.2) is 5.48 Å². The topological polar surface area (TPSA) is 38.3 Å². The normalized spacial score (nSPS) is 8.67. The molecule has 0 radical (unpaired) electrons. The molecule has 0 aromatic rings. The molecular weight excluding hydrogens is 118 g/mol. The minimum Gasteiger partial charge on any atom is -0.270 e. The van der Waals surface area contributed by atoms with Crippen LogP contribution in [-0.4, -0.2) is 12.0 Å². The minimum absolute atomic E-state index is 0.0395. The van der Waals surface area contributed by atoms with E-state index < -0.39 is 5.91 Å². The van der Waals surface area contributed by atoms with Gasteiger partial charge in [0.25, 0.3) is 0 Å². The smallest absolute Gasteiger partial charge is 0.270 e. The van der Waals surface area contributed by atoms with Crippen LogP contribution in [0.15, 0.2) is 0 Å². The van der Waals surface area contributed by atoms with Gasteiger partial charge in [0, 0.05) is 0 Å². The van der Waals surface area contributed by atoms with E-state index in [0.29, 0.717) is 0 Å². The zero-order chi connectivity index (χ0) is 7.28. The van der Waals surface area contributed by atoms with Gasteiger partial charge >= 0.3 is 5.91 Å². The molecule has 0 unspecified atom stereocenters. The van der Waals surface area contributed by atoms with Gasteiger partial charge in [0.15, 0.2) is 0 Å². The third-order valence-electron chi connectivity index (χ3n) is 0.518. The SMILES string of the molecule is C#CC(=O)NOC(C)C. The van der Waals surface area contributed by atoms with Crippen LogP contribution < -0.4 is 5.48 Å². The van der Waals surface area contributed by atoms with Crippen LogP contribution in [0.2, 0.25) is 0 Å². The Morgan fingerprint density at radius 3 is 2.67 bits per heavy atom. The van der Waals surface area contributed by atoms with Crippen molar-refractivity contribution in [2.45, 2.75) is 20.0 Å². The van der Waals surface area contributed by atoms with Crippen LogP contribution in [0.4, 0.5) is 0 Å². The Morgan fingerprint density at radius 1 is 1.78 bits per heavy atom.